The van der Waals surface area contributed by atoms with Gasteiger partial charge in [-0.1, -0.05) is 18.2 Å². The van der Waals surface area contributed by atoms with Gasteiger partial charge in [-0.25, -0.2) is 0 Å². The van der Waals surface area contributed by atoms with Gasteiger partial charge in [-0.15, -0.1) is 0 Å². The number of nitrogens with zero attached hydrogens (tertiary/aromatic N) is 2. The molecule has 0 spiro atoms. The van der Waals surface area contributed by atoms with Crippen molar-refractivity contribution in [3.05, 3.63) is 35.6 Å². The summed E-state index contributed by atoms with van der Waals surface area (Å²) in [5.41, 5.74) is 0.758. The monoisotopic (exact) mass is 302 g/mol. The van der Waals surface area contributed by atoms with Gasteiger partial charge in [0.1, 0.15) is 5.58 Å². The SMILES string of the molecule is Cc1c(C(=O)N2CCC(O)(CN(C)C)C2)oc2ccccc12. The average Bonchev–Trinajstić information content (AvgIpc) is 2.99. The topological polar surface area (TPSA) is 56.9 Å². The number of hydrogen-bond acceptors (Lipinski definition) is 4. The Kier molecular flexibility index (Phi) is 3.70. The van der Waals surface area contributed by atoms with E-state index < -0.39 is 5.60 Å². The smallest absolute Gasteiger partial charge is 0.289 e. The van der Waals surface area contributed by atoms with Crippen molar-refractivity contribution in [2.45, 2.75) is 18.9 Å². The molecule has 3 rings (SSSR count). The van der Waals surface area contributed by atoms with E-state index in [4.69, 9.17) is 4.42 Å². The number of carbonyl (C=O) groups excluding carboxylic acids is 1. The van der Waals surface area contributed by atoms with E-state index >= 15 is 0 Å². The highest BCUT2D eigenvalue weighted by Crippen LogP contribution is 2.29. The van der Waals surface area contributed by atoms with E-state index in [-0.39, 0.29) is 5.91 Å². The summed E-state index contributed by atoms with van der Waals surface area (Å²) >= 11 is 0. The third-order valence-electron chi connectivity index (χ3n) is 4.27. The van der Waals surface area contributed by atoms with E-state index in [0.717, 1.165) is 16.5 Å². The van der Waals surface area contributed by atoms with Crippen molar-refractivity contribution in [3.63, 3.8) is 0 Å². The Morgan fingerprint density at radius 3 is 2.82 bits per heavy atom. The predicted octanol–water partition coefficient (Wildman–Crippen LogP) is 1.88. The van der Waals surface area contributed by atoms with Crippen LogP contribution in [0.2, 0.25) is 0 Å². The molecule has 1 unspecified atom stereocenters. The first-order valence-corrected chi connectivity index (χ1v) is 7.54. The molecule has 1 aliphatic heterocycles. The first-order valence-electron chi connectivity index (χ1n) is 7.54. The number of furan rings is 1. The summed E-state index contributed by atoms with van der Waals surface area (Å²) in [6, 6.07) is 7.65. The van der Waals surface area contributed by atoms with E-state index in [1.165, 1.54) is 0 Å². The molecule has 1 saturated heterocycles. The maximum atomic E-state index is 12.7. The van der Waals surface area contributed by atoms with E-state index in [2.05, 4.69) is 0 Å². The van der Waals surface area contributed by atoms with Crippen LogP contribution in [0.4, 0.5) is 0 Å². The van der Waals surface area contributed by atoms with Gasteiger partial charge in [0.2, 0.25) is 0 Å². The van der Waals surface area contributed by atoms with Crippen molar-refractivity contribution >= 4 is 16.9 Å². The number of benzene rings is 1. The fourth-order valence-corrected chi connectivity index (χ4v) is 3.27. The molecule has 1 N–H and O–H groups in total. The van der Waals surface area contributed by atoms with Crippen molar-refractivity contribution in [2.24, 2.45) is 0 Å². The van der Waals surface area contributed by atoms with Crippen molar-refractivity contribution in [1.82, 2.24) is 9.80 Å². The summed E-state index contributed by atoms with van der Waals surface area (Å²) in [5, 5.41) is 11.5. The molecule has 1 atom stereocenters. The van der Waals surface area contributed by atoms with Crippen LogP contribution in [0, 0.1) is 6.92 Å². The van der Waals surface area contributed by atoms with Crippen LogP contribution in [0.1, 0.15) is 22.5 Å². The van der Waals surface area contributed by atoms with Crippen molar-refractivity contribution in [1.29, 1.82) is 0 Å². The number of aliphatic hydroxyl groups is 1. The van der Waals surface area contributed by atoms with E-state index in [1.807, 2.05) is 50.2 Å². The van der Waals surface area contributed by atoms with Crippen LogP contribution in [0.15, 0.2) is 28.7 Å². The van der Waals surface area contributed by atoms with Gasteiger partial charge in [-0.3, -0.25) is 4.79 Å². The van der Waals surface area contributed by atoms with Crippen molar-refractivity contribution < 1.29 is 14.3 Å². The Balaban J connectivity index is 1.83. The lowest BCUT2D eigenvalue weighted by Gasteiger charge is -2.26. The van der Waals surface area contributed by atoms with Gasteiger partial charge in [0, 0.05) is 24.0 Å². The van der Waals surface area contributed by atoms with Gasteiger partial charge in [0.15, 0.2) is 5.76 Å². The third-order valence-corrected chi connectivity index (χ3v) is 4.27. The molecular formula is C17H22N2O3. The molecule has 118 valence electrons. The average molecular weight is 302 g/mol. The number of para-hydroxylation sites is 1. The molecule has 5 nitrogen and oxygen atoms in total. The Labute approximate surface area is 130 Å². The maximum absolute atomic E-state index is 12.7. The highest BCUT2D eigenvalue weighted by atomic mass is 16.3. The number of β-amino-alcohol motifs (C(OH)–C–C–N with tert-alkyl or cyclic N) is 1. The van der Waals surface area contributed by atoms with Gasteiger partial charge in [0.05, 0.1) is 12.1 Å². The number of aryl methyl sites for hydroxylation is 1. The van der Waals surface area contributed by atoms with Gasteiger partial charge < -0.3 is 19.3 Å². The van der Waals surface area contributed by atoms with Crippen LogP contribution in [0.25, 0.3) is 11.0 Å². The van der Waals surface area contributed by atoms with Gasteiger partial charge in [0.25, 0.3) is 5.91 Å². The third kappa shape index (κ3) is 2.62. The summed E-state index contributed by atoms with van der Waals surface area (Å²) in [5.74, 6) is 0.249. The molecule has 1 amide bonds. The lowest BCUT2D eigenvalue weighted by atomic mass is 10.0. The quantitative estimate of drug-likeness (QED) is 0.940. The fraction of sp³-hybridized carbons (Fsp3) is 0.471. The molecule has 1 aromatic heterocycles. The molecule has 0 radical (unpaired) electrons. The Morgan fingerprint density at radius 1 is 1.41 bits per heavy atom. The zero-order chi connectivity index (χ0) is 15.9. The molecule has 2 aromatic rings. The molecular weight excluding hydrogens is 280 g/mol. The molecule has 1 aliphatic rings. The second-order valence-electron chi connectivity index (χ2n) is 6.49. The lowest BCUT2D eigenvalue weighted by Crippen LogP contribution is -2.43. The highest BCUT2D eigenvalue weighted by molar-refractivity contribution is 5.99. The zero-order valence-electron chi connectivity index (χ0n) is 13.3. The number of likely N-dealkylation sites (N-methyl/N-ethyl adjacent to an activating group) is 1. The van der Waals surface area contributed by atoms with E-state index in [9.17, 15) is 9.90 Å². The molecule has 22 heavy (non-hydrogen) atoms. The number of hydrogen-bond donors (Lipinski definition) is 1. The molecule has 0 aliphatic carbocycles. The number of likely N-dealkylation sites (tertiary alicyclic amines) is 1. The molecule has 2 heterocycles. The first kappa shape index (κ1) is 15.1. The summed E-state index contributed by atoms with van der Waals surface area (Å²) in [6.45, 7) is 3.36. The van der Waals surface area contributed by atoms with Crippen LogP contribution >= 0.6 is 0 Å². The van der Waals surface area contributed by atoms with Crippen molar-refractivity contribution in [3.8, 4) is 0 Å². The van der Waals surface area contributed by atoms with Gasteiger partial charge in [-0.05, 0) is 33.5 Å². The highest BCUT2D eigenvalue weighted by Gasteiger charge is 2.39. The van der Waals surface area contributed by atoms with Gasteiger partial charge in [-0.2, -0.15) is 0 Å². The molecule has 0 bridgehead atoms. The number of rotatable bonds is 3. The fourth-order valence-electron chi connectivity index (χ4n) is 3.27. The Bertz CT molecular complexity index is 707. The Hall–Kier alpha value is -1.85. The maximum Gasteiger partial charge on any atom is 0.289 e. The number of amides is 1. The van der Waals surface area contributed by atoms with Crippen LogP contribution < -0.4 is 0 Å². The summed E-state index contributed by atoms with van der Waals surface area (Å²) < 4.78 is 5.74. The lowest BCUT2D eigenvalue weighted by molar-refractivity contribution is 0.0231. The molecule has 5 heteroatoms. The second-order valence-corrected chi connectivity index (χ2v) is 6.49. The predicted molar refractivity (Wildman–Crippen MR) is 85.0 cm³/mol. The number of fused-ring (bicyclic) bond motifs is 1. The second kappa shape index (κ2) is 5.41. The van der Waals surface area contributed by atoms with E-state index in [0.29, 0.717) is 31.8 Å². The van der Waals surface area contributed by atoms with Crippen LogP contribution in [0.5, 0.6) is 0 Å². The summed E-state index contributed by atoms with van der Waals surface area (Å²) in [6.07, 6.45) is 0.593. The van der Waals surface area contributed by atoms with Crippen LogP contribution in [-0.4, -0.2) is 60.1 Å². The minimum Gasteiger partial charge on any atom is -0.451 e. The molecule has 1 fully saturated rings. The largest absolute Gasteiger partial charge is 0.451 e. The summed E-state index contributed by atoms with van der Waals surface area (Å²) in [4.78, 5) is 16.4. The molecule has 1 aromatic carbocycles. The van der Waals surface area contributed by atoms with E-state index in [1.54, 1.807) is 4.90 Å². The van der Waals surface area contributed by atoms with Gasteiger partial charge >= 0.3 is 0 Å². The minimum atomic E-state index is -0.834. The zero-order valence-corrected chi connectivity index (χ0v) is 13.3. The Morgan fingerprint density at radius 2 is 2.14 bits per heavy atom. The first-order chi connectivity index (χ1) is 10.4. The molecule has 0 saturated carbocycles. The number of carbonyl (C=O) groups is 1. The standard InChI is InChI=1S/C17H22N2O3/c1-12-13-6-4-5-7-14(13)22-15(12)16(20)19-9-8-17(21,11-19)10-18(2)3/h4-7,21H,8-11H2,1-3H3. The van der Waals surface area contributed by atoms with Crippen molar-refractivity contribution in [2.75, 3.05) is 33.7 Å². The normalized spacial score (nSPS) is 22.0. The van der Waals surface area contributed by atoms with Crippen LogP contribution in [0.3, 0.4) is 0 Å². The van der Waals surface area contributed by atoms with Crippen LogP contribution in [-0.2, 0) is 0 Å². The minimum absolute atomic E-state index is 0.136. The summed E-state index contributed by atoms with van der Waals surface area (Å²) in [7, 11) is 3.84.